The first-order valence-electron chi connectivity index (χ1n) is 15.1. The fraction of sp³-hybridized carbons (Fsp3) is 0.529. The minimum atomic E-state index is -0.0513. The Labute approximate surface area is 244 Å². The Bertz CT molecular complexity index is 1150. The van der Waals surface area contributed by atoms with Gasteiger partial charge in [0.05, 0.1) is 17.8 Å². The number of benzene rings is 1. The molecule has 1 aromatic carbocycles. The summed E-state index contributed by atoms with van der Waals surface area (Å²) in [5.41, 5.74) is 3.40. The van der Waals surface area contributed by atoms with E-state index in [9.17, 15) is 9.59 Å². The molecule has 1 aliphatic carbocycles. The number of aromatic nitrogens is 1. The smallest absolute Gasteiger partial charge is 0.220 e. The summed E-state index contributed by atoms with van der Waals surface area (Å²) in [7, 11) is 0. The van der Waals surface area contributed by atoms with Crippen LogP contribution in [0.5, 0.6) is 0 Å². The van der Waals surface area contributed by atoms with E-state index in [1.807, 2.05) is 36.5 Å². The Morgan fingerprint density at radius 3 is 2.58 bits per heavy atom. The Morgan fingerprint density at radius 2 is 1.85 bits per heavy atom. The number of carbonyl (C=O) groups is 2. The number of hydrogen-bond donors (Lipinski definition) is 2. The number of amides is 1. The normalized spacial score (nSPS) is 15.7. The van der Waals surface area contributed by atoms with Gasteiger partial charge in [-0.25, -0.2) is 0 Å². The van der Waals surface area contributed by atoms with Crippen molar-refractivity contribution in [3.05, 3.63) is 83.6 Å². The van der Waals surface area contributed by atoms with Crippen LogP contribution in [0, 0.1) is 11.8 Å². The molecule has 0 spiro atoms. The lowest BCUT2D eigenvalue weighted by Gasteiger charge is -2.24. The number of thioether (sulfide) groups is 1. The average Bonchev–Trinajstić information content (AvgIpc) is 3.64. The maximum atomic E-state index is 13.2. The van der Waals surface area contributed by atoms with Crippen molar-refractivity contribution in [1.29, 1.82) is 0 Å². The van der Waals surface area contributed by atoms with Gasteiger partial charge in [0.25, 0.3) is 0 Å². The zero-order valence-corrected chi connectivity index (χ0v) is 25.0. The summed E-state index contributed by atoms with van der Waals surface area (Å²) in [5, 5.41) is 3.38. The number of carbonyl (C=O) groups excluding carboxylic acids is 2. The van der Waals surface area contributed by atoms with Crippen LogP contribution >= 0.6 is 11.8 Å². The number of Topliss-reactive ketones (excluding diaryl/α,β-unsaturated/α-hetero) is 1. The second-order valence-electron chi connectivity index (χ2n) is 11.8. The second-order valence-corrected chi connectivity index (χ2v) is 12.8. The van der Waals surface area contributed by atoms with Crippen molar-refractivity contribution < 1.29 is 14.0 Å². The van der Waals surface area contributed by atoms with Gasteiger partial charge in [0.2, 0.25) is 5.91 Å². The summed E-state index contributed by atoms with van der Waals surface area (Å²) in [4.78, 5) is 29.6. The van der Waals surface area contributed by atoms with Crippen molar-refractivity contribution in [2.24, 2.45) is 11.8 Å². The van der Waals surface area contributed by atoms with Crippen molar-refractivity contribution in [2.45, 2.75) is 95.8 Å². The van der Waals surface area contributed by atoms with Crippen LogP contribution in [0.25, 0.3) is 0 Å². The SMILES string of the molecule is CC(C)CC(Cc1cc[nH]c1C(CC(=O)CSCc1ccco1)c1ccccc1)NC(=O)CCC1CCCCC1. The molecule has 5 nitrogen and oxygen atoms in total. The molecule has 0 saturated heterocycles. The van der Waals surface area contributed by atoms with E-state index in [0.29, 0.717) is 36.2 Å². The van der Waals surface area contributed by atoms with Gasteiger partial charge in [-0.15, -0.1) is 11.8 Å². The van der Waals surface area contributed by atoms with E-state index in [-0.39, 0.29) is 23.7 Å². The highest BCUT2D eigenvalue weighted by Crippen LogP contribution is 2.32. The lowest BCUT2D eigenvalue weighted by Crippen LogP contribution is -2.37. The summed E-state index contributed by atoms with van der Waals surface area (Å²) in [6, 6.07) is 16.3. The van der Waals surface area contributed by atoms with Crippen LogP contribution in [0.1, 0.15) is 100 Å². The quantitative estimate of drug-likeness (QED) is 0.185. The first kappa shape index (κ1) is 30.2. The molecule has 1 amide bonds. The van der Waals surface area contributed by atoms with Gasteiger partial charge < -0.3 is 14.7 Å². The van der Waals surface area contributed by atoms with Gasteiger partial charge in [0.15, 0.2) is 0 Å². The summed E-state index contributed by atoms with van der Waals surface area (Å²) in [5.74, 6) is 3.57. The average molecular weight is 563 g/mol. The van der Waals surface area contributed by atoms with Gasteiger partial charge in [0.1, 0.15) is 11.5 Å². The van der Waals surface area contributed by atoms with E-state index in [0.717, 1.165) is 36.3 Å². The number of nitrogens with one attached hydrogen (secondary N) is 2. The lowest BCUT2D eigenvalue weighted by atomic mass is 9.86. The fourth-order valence-corrected chi connectivity index (χ4v) is 6.89. The van der Waals surface area contributed by atoms with E-state index >= 15 is 0 Å². The topological polar surface area (TPSA) is 75.1 Å². The van der Waals surface area contributed by atoms with Gasteiger partial charge in [0, 0.05) is 36.7 Å². The number of rotatable bonds is 16. The molecule has 1 aliphatic rings. The molecule has 2 heterocycles. The molecular weight excluding hydrogens is 516 g/mol. The molecule has 3 aromatic rings. The van der Waals surface area contributed by atoms with Crippen molar-refractivity contribution in [3.8, 4) is 0 Å². The van der Waals surface area contributed by atoms with Crippen LogP contribution in [0.3, 0.4) is 0 Å². The summed E-state index contributed by atoms with van der Waals surface area (Å²) in [6.45, 7) is 4.43. The zero-order valence-electron chi connectivity index (χ0n) is 24.2. The largest absolute Gasteiger partial charge is 0.468 e. The highest BCUT2D eigenvalue weighted by Gasteiger charge is 2.25. The van der Waals surface area contributed by atoms with E-state index < -0.39 is 0 Å². The van der Waals surface area contributed by atoms with Crippen molar-refractivity contribution in [2.75, 3.05) is 5.75 Å². The number of aromatic amines is 1. The Hall–Kier alpha value is -2.73. The molecule has 2 aromatic heterocycles. The van der Waals surface area contributed by atoms with Gasteiger partial charge in [-0.2, -0.15) is 0 Å². The van der Waals surface area contributed by atoms with E-state index in [4.69, 9.17) is 4.42 Å². The predicted octanol–water partition coefficient (Wildman–Crippen LogP) is 8.07. The summed E-state index contributed by atoms with van der Waals surface area (Å²) in [6.07, 6.45) is 13.9. The molecular formula is C34H46N2O3S. The minimum absolute atomic E-state index is 0.0513. The van der Waals surface area contributed by atoms with Crippen molar-refractivity contribution in [3.63, 3.8) is 0 Å². The third kappa shape index (κ3) is 9.72. The molecule has 6 heteroatoms. The first-order chi connectivity index (χ1) is 19.5. The van der Waals surface area contributed by atoms with Crippen LogP contribution in [0.4, 0.5) is 0 Å². The van der Waals surface area contributed by atoms with Crippen LogP contribution in [-0.2, 0) is 21.8 Å². The molecule has 216 valence electrons. The van der Waals surface area contributed by atoms with Gasteiger partial charge in [-0.1, -0.05) is 76.3 Å². The molecule has 1 fully saturated rings. The molecule has 0 bridgehead atoms. The predicted molar refractivity (Wildman–Crippen MR) is 164 cm³/mol. The molecule has 2 unspecified atom stereocenters. The summed E-state index contributed by atoms with van der Waals surface area (Å²) >= 11 is 1.60. The number of H-pyrrole nitrogens is 1. The highest BCUT2D eigenvalue weighted by atomic mass is 32.2. The summed E-state index contributed by atoms with van der Waals surface area (Å²) < 4.78 is 5.41. The standard InChI is InChI=1S/C34H46N2O3S/c1-25(2)20-29(36-33(38)16-15-26-10-5-3-6-11-26)21-28-17-18-35-34(28)32(27-12-7-4-8-13-27)22-30(37)23-40-24-31-14-9-19-39-31/h4,7-9,12-14,17-19,25-26,29,32,35H,3,5-6,10-11,15-16,20-24H2,1-2H3,(H,36,38). The minimum Gasteiger partial charge on any atom is -0.468 e. The van der Waals surface area contributed by atoms with Crippen LogP contribution in [-0.4, -0.2) is 28.5 Å². The number of furan rings is 1. The van der Waals surface area contributed by atoms with Crippen LogP contribution in [0.2, 0.25) is 0 Å². The van der Waals surface area contributed by atoms with Gasteiger partial charge in [-0.05, 0) is 60.4 Å². The molecule has 2 N–H and O–H groups in total. The maximum Gasteiger partial charge on any atom is 0.220 e. The van der Waals surface area contributed by atoms with Crippen LogP contribution in [0.15, 0.2) is 65.4 Å². The number of ketones is 1. The Morgan fingerprint density at radius 1 is 1.05 bits per heavy atom. The second kappa shape index (κ2) is 15.9. The van der Waals surface area contributed by atoms with Gasteiger partial charge in [-0.3, -0.25) is 9.59 Å². The van der Waals surface area contributed by atoms with Gasteiger partial charge >= 0.3 is 0 Å². The van der Waals surface area contributed by atoms with E-state index in [1.54, 1.807) is 18.0 Å². The zero-order chi connectivity index (χ0) is 28.2. The molecule has 1 saturated carbocycles. The third-order valence-electron chi connectivity index (χ3n) is 8.03. The van der Waals surface area contributed by atoms with E-state index in [1.165, 1.54) is 37.7 Å². The molecule has 2 atom stereocenters. The van der Waals surface area contributed by atoms with Crippen molar-refractivity contribution in [1.82, 2.24) is 10.3 Å². The maximum absolute atomic E-state index is 13.2. The van der Waals surface area contributed by atoms with E-state index in [2.05, 4.69) is 42.3 Å². The highest BCUT2D eigenvalue weighted by molar-refractivity contribution is 7.99. The Kier molecular flexibility index (Phi) is 12.0. The number of hydrogen-bond acceptors (Lipinski definition) is 4. The third-order valence-corrected chi connectivity index (χ3v) is 9.05. The molecule has 0 radical (unpaired) electrons. The van der Waals surface area contributed by atoms with Crippen LogP contribution < -0.4 is 5.32 Å². The molecule has 0 aliphatic heterocycles. The monoisotopic (exact) mass is 562 g/mol. The molecule has 40 heavy (non-hydrogen) atoms. The first-order valence-corrected chi connectivity index (χ1v) is 16.3. The van der Waals surface area contributed by atoms with Crippen molar-refractivity contribution >= 4 is 23.5 Å². The Balaban J connectivity index is 1.42. The lowest BCUT2D eigenvalue weighted by molar-refractivity contribution is -0.122. The fourth-order valence-electron chi connectivity index (χ4n) is 6.07. The molecule has 4 rings (SSSR count).